The Bertz CT molecular complexity index is 626. The van der Waals surface area contributed by atoms with Gasteiger partial charge in [0.05, 0.1) is 5.92 Å². The number of nitrogens with zero attached hydrogens (tertiary/aromatic N) is 1. The molecule has 0 amide bonds. The summed E-state index contributed by atoms with van der Waals surface area (Å²) in [6.07, 6.45) is 0.144. The lowest BCUT2D eigenvalue weighted by molar-refractivity contribution is -0.483. The van der Waals surface area contributed by atoms with Crippen LogP contribution in [-0.4, -0.2) is 17.3 Å². The molecule has 2 rings (SSSR count). The molecular weight excluding hydrogens is 381 g/mol. The van der Waals surface area contributed by atoms with Crippen LogP contribution in [0.2, 0.25) is 0 Å². The van der Waals surface area contributed by atoms with Gasteiger partial charge < -0.3 is 0 Å². The van der Waals surface area contributed by atoms with Crippen LogP contribution in [0, 0.1) is 13.7 Å². The minimum Gasteiger partial charge on any atom is -0.294 e. The standard InChI is InChI=1S/C16H14INO3/c17-15-8-6-12(7-9-15)14(11-18(20)21)10-16(19)13-4-2-1-3-5-13/h1-9,14H,10-11H2. The maximum absolute atomic E-state index is 12.3. The summed E-state index contributed by atoms with van der Waals surface area (Å²) in [5, 5.41) is 10.9. The van der Waals surface area contributed by atoms with Gasteiger partial charge in [-0.05, 0) is 40.3 Å². The summed E-state index contributed by atoms with van der Waals surface area (Å²) < 4.78 is 1.06. The van der Waals surface area contributed by atoms with Gasteiger partial charge in [-0.2, -0.15) is 0 Å². The molecule has 0 heterocycles. The molecule has 0 saturated heterocycles. The summed E-state index contributed by atoms with van der Waals surface area (Å²) in [5.41, 5.74) is 1.42. The molecule has 0 radical (unpaired) electrons. The second-order valence-corrected chi connectivity index (χ2v) is 6.00. The number of carbonyl (C=O) groups is 1. The minimum atomic E-state index is -0.398. The Morgan fingerprint density at radius 3 is 2.29 bits per heavy atom. The molecule has 0 spiro atoms. The van der Waals surface area contributed by atoms with Crippen molar-refractivity contribution in [3.05, 3.63) is 79.4 Å². The van der Waals surface area contributed by atoms with Crippen molar-refractivity contribution in [3.63, 3.8) is 0 Å². The Hall–Kier alpha value is -1.76. The fraction of sp³-hybridized carbons (Fsp3) is 0.188. The number of ketones is 1. The van der Waals surface area contributed by atoms with Crippen LogP contribution in [0.15, 0.2) is 54.6 Å². The van der Waals surface area contributed by atoms with E-state index >= 15 is 0 Å². The lowest BCUT2D eigenvalue weighted by Gasteiger charge is -2.13. The molecule has 0 saturated carbocycles. The van der Waals surface area contributed by atoms with Crippen molar-refractivity contribution >= 4 is 28.4 Å². The van der Waals surface area contributed by atoms with E-state index in [0.717, 1.165) is 9.13 Å². The van der Waals surface area contributed by atoms with Crippen LogP contribution < -0.4 is 0 Å². The van der Waals surface area contributed by atoms with Crippen LogP contribution in [0.5, 0.6) is 0 Å². The molecule has 0 aliphatic rings. The van der Waals surface area contributed by atoms with Gasteiger partial charge >= 0.3 is 0 Å². The van der Waals surface area contributed by atoms with E-state index in [1.165, 1.54) is 0 Å². The second kappa shape index (κ2) is 7.31. The normalized spacial score (nSPS) is 11.9. The fourth-order valence-corrected chi connectivity index (χ4v) is 2.53. The molecule has 0 aliphatic heterocycles. The monoisotopic (exact) mass is 395 g/mol. The Balaban J connectivity index is 2.18. The number of Topliss-reactive ketones (excluding diaryl/α,β-unsaturated/α-hetero) is 1. The number of benzene rings is 2. The number of carbonyl (C=O) groups excluding carboxylic acids is 1. The molecular formula is C16H14INO3. The topological polar surface area (TPSA) is 60.2 Å². The van der Waals surface area contributed by atoms with Gasteiger partial charge in [0.2, 0.25) is 6.54 Å². The summed E-state index contributed by atoms with van der Waals surface area (Å²) >= 11 is 2.18. The zero-order valence-corrected chi connectivity index (χ0v) is 13.4. The van der Waals surface area contributed by atoms with Crippen molar-refractivity contribution in [2.45, 2.75) is 12.3 Å². The van der Waals surface area contributed by atoms with E-state index < -0.39 is 5.92 Å². The number of hydrogen-bond acceptors (Lipinski definition) is 3. The summed E-state index contributed by atoms with van der Waals surface area (Å²) in [6.45, 7) is -0.237. The van der Waals surface area contributed by atoms with Gasteiger partial charge in [0, 0.05) is 20.5 Å². The van der Waals surface area contributed by atoms with E-state index in [1.54, 1.807) is 24.3 Å². The first-order valence-corrected chi connectivity index (χ1v) is 7.59. The molecule has 21 heavy (non-hydrogen) atoms. The van der Waals surface area contributed by atoms with Crippen LogP contribution in [0.3, 0.4) is 0 Å². The zero-order chi connectivity index (χ0) is 15.2. The van der Waals surface area contributed by atoms with Crippen molar-refractivity contribution in [2.75, 3.05) is 6.54 Å². The van der Waals surface area contributed by atoms with Crippen LogP contribution in [0.4, 0.5) is 0 Å². The average molecular weight is 395 g/mol. The molecule has 1 unspecified atom stereocenters. The van der Waals surface area contributed by atoms with Gasteiger partial charge in [-0.15, -0.1) is 0 Å². The van der Waals surface area contributed by atoms with E-state index in [-0.39, 0.29) is 23.7 Å². The predicted octanol–water partition coefficient (Wildman–Crippen LogP) is 3.92. The first kappa shape index (κ1) is 15.6. The van der Waals surface area contributed by atoms with Crippen molar-refractivity contribution < 1.29 is 9.72 Å². The summed E-state index contributed by atoms with van der Waals surface area (Å²) in [7, 11) is 0. The molecule has 108 valence electrons. The predicted molar refractivity (Wildman–Crippen MR) is 89.2 cm³/mol. The van der Waals surface area contributed by atoms with E-state index in [1.807, 2.05) is 30.3 Å². The van der Waals surface area contributed by atoms with Crippen molar-refractivity contribution in [2.24, 2.45) is 0 Å². The number of rotatable bonds is 6. The molecule has 2 aromatic carbocycles. The summed E-state index contributed by atoms with van der Waals surface area (Å²) in [4.78, 5) is 22.8. The lowest BCUT2D eigenvalue weighted by atomic mass is 9.91. The van der Waals surface area contributed by atoms with Crippen LogP contribution in [0.1, 0.15) is 28.3 Å². The summed E-state index contributed by atoms with van der Waals surface area (Å²) in [6, 6.07) is 16.4. The highest BCUT2D eigenvalue weighted by Gasteiger charge is 2.22. The van der Waals surface area contributed by atoms with Gasteiger partial charge in [-0.3, -0.25) is 14.9 Å². The third kappa shape index (κ3) is 4.63. The highest BCUT2D eigenvalue weighted by Crippen LogP contribution is 2.23. The van der Waals surface area contributed by atoms with Gasteiger partial charge in [-0.25, -0.2) is 0 Å². The number of hydrogen-bond donors (Lipinski definition) is 0. The fourth-order valence-electron chi connectivity index (χ4n) is 2.17. The maximum Gasteiger partial charge on any atom is 0.211 e. The van der Waals surface area contributed by atoms with Gasteiger partial charge in [-0.1, -0.05) is 42.5 Å². The SMILES string of the molecule is O=C(CC(C[N+](=O)[O-])c1ccc(I)cc1)c1ccccc1. The van der Waals surface area contributed by atoms with Gasteiger partial charge in [0.25, 0.3) is 0 Å². The average Bonchev–Trinajstić information content (AvgIpc) is 2.48. The third-order valence-corrected chi connectivity index (χ3v) is 3.96. The van der Waals surface area contributed by atoms with Crippen LogP contribution >= 0.6 is 22.6 Å². The Labute approximate surface area is 136 Å². The van der Waals surface area contributed by atoms with Crippen LogP contribution in [-0.2, 0) is 0 Å². The number of halogens is 1. The van der Waals surface area contributed by atoms with Crippen LogP contribution in [0.25, 0.3) is 0 Å². The summed E-state index contributed by atoms with van der Waals surface area (Å²) in [5.74, 6) is -0.467. The van der Waals surface area contributed by atoms with Gasteiger partial charge in [0.15, 0.2) is 5.78 Å². The maximum atomic E-state index is 12.3. The highest BCUT2D eigenvalue weighted by atomic mass is 127. The third-order valence-electron chi connectivity index (χ3n) is 3.24. The minimum absolute atomic E-state index is 0.0685. The van der Waals surface area contributed by atoms with Crippen molar-refractivity contribution in [1.29, 1.82) is 0 Å². The van der Waals surface area contributed by atoms with E-state index in [4.69, 9.17) is 0 Å². The molecule has 5 heteroatoms. The van der Waals surface area contributed by atoms with E-state index in [9.17, 15) is 14.9 Å². The molecule has 0 bridgehead atoms. The first-order valence-electron chi connectivity index (χ1n) is 6.52. The Morgan fingerprint density at radius 2 is 1.71 bits per heavy atom. The first-order chi connectivity index (χ1) is 10.1. The largest absolute Gasteiger partial charge is 0.294 e. The molecule has 1 atom stereocenters. The quantitative estimate of drug-likeness (QED) is 0.322. The molecule has 0 aliphatic carbocycles. The Morgan fingerprint density at radius 1 is 1.10 bits per heavy atom. The Kier molecular flexibility index (Phi) is 5.44. The molecule has 0 fully saturated rings. The molecule has 0 N–H and O–H groups in total. The van der Waals surface area contributed by atoms with E-state index in [0.29, 0.717) is 5.56 Å². The zero-order valence-electron chi connectivity index (χ0n) is 11.2. The van der Waals surface area contributed by atoms with E-state index in [2.05, 4.69) is 22.6 Å². The van der Waals surface area contributed by atoms with Crippen molar-refractivity contribution in [3.8, 4) is 0 Å². The molecule has 0 aromatic heterocycles. The molecule has 2 aromatic rings. The molecule has 4 nitrogen and oxygen atoms in total. The second-order valence-electron chi connectivity index (χ2n) is 4.76. The van der Waals surface area contributed by atoms with Crippen molar-refractivity contribution in [1.82, 2.24) is 0 Å². The highest BCUT2D eigenvalue weighted by molar-refractivity contribution is 14.1. The smallest absolute Gasteiger partial charge is 0.211 e. The number of nitro groups is 1. The van der Waals surface area contributed by atoms with Gasteiger partial charge in [0.1, 0.15) is 0 Å². The lowest BCUT2D eigenvalue weighted by Crippen LogP contribution is -2.16.